The van der Waals surface area contributed by atoms with Crippen molar-refractivity contribution in [2.24, 2.45) is 0 Å². The molecular weight excluding hydrogens is 260 g/mol. The molecule has 0 saturated carbocycles. The minimum atomic E-state index is 0. The van der Waals surface area contributed by atoms with Gasteiger partial charge in [-0.25, -0.2) is 0 Å². The number of nitrogens with zero attached hydrogens (tertiary/aromatic N) is 1. The fraction of sp³-hybridized carbons (Fsp3) is 0.533. The average molecular weight is 283 g/mol. The predicted octanol–water partition coefficient (Wildman–Crippen LogP) is 2.60. The number of nitrogens with one attached hydrogen (secondary N) is 1. The Labute approximate surface area is 121 Å². The van der Waals surface area contributed by atoms with Crippen LogP contribution in [0.3, 0.4) is 0 Å². The summed E-state index contributed by atoms with van der Waals surface area (Å²) in [5, 5.41) is 3.43. The van der Waals surface area contributed by atoms with Crippen LogP contribution in [0.15, 0.2) is 30.3 Å². The predicted molar refractivity (Wildman–Crippen MR) is 80.4 cm³/mol. The Bertz CT molecular complexity index is 377. The summed E-state index contributed by atoms with van der Waals surface area (Å²) in [6.45, 7) is 1.82. The second-order valence-electron chi connectivity index (χ2n) is 5.07. The van der Waals surface area contributed by atoms with Crippen LogP contribution in [-0.2, 0) is 11.3 Å². The Balaban J connectivity index is 0.00000180. The first-order chi connectivity index (χ1) is 8.75. The van der Waals surface area contributed by atoms with Crippen LogP contribution in [0.25, 0.3) is 0 Å². The van der Waals surface area contributed by atoms with E-state index in [4.69, 9.17) is 0 Å². The molecule has 1 N–H and O–H groups in total. The van der Waals surface area contributed by atoms with E-state index < -0.39 is 0 Å². The third kappa shape index (κ3) is 5.21. The molecule has 0 bridgehead atoms. The van der Waals surface area contributed by atoms with Crippen molar-refractivity contribution >= 4 is 18.3 Å². The second kappa shape index (κ2) is 8.18. The molecule has 19 heavy (non-hydrogen) atoms. The average Bonchev–Trinajstić information content (AvgIpc) is 2.90. The lowest BCUT2D eigenvalue weighted by molar-refractivity contribution is -0.130. The molecule has 2 rings (SSSR count). The molecule has 1 heterocycles. The molecule has 0 spiro atoms. The summed E-state index contributed by atoms with van der Waals surface area (Å²) in [5.74, 6) is 0.243. The molecule has 4 heteroatoms. The van der Waals surface area contributed by atoms with Gasteiger partial charge in [-0.1, -0.05) is 30.3 Å². The van der Waals surface area contributed by atoms with Crippen LogP contribution in [0.1, 0.15) is 31.2 Å². The molecule has 0 aromatic heterocycles. The zero-order valence-corrected chi connectivity index (χ0v) is 12.3. The molecule has 106 valence electrons. The standard InChI is InChI=1S/C15H22N2O.ClH/c1-17(12-13-6-3-2-4-7-13)15(18)10-9-14-8-5-11-16-14;/h2-4,6-7,14,16H,5,8-12H2,1H3;1H. The molecule has 1 fully saturated rings. The number of amides is 1. The molecule has 1 saturated heterocycles. The number of rotatable bonds is 5. The second-order valence-corrected chi connectivity index (χ2v) is 5.07. The van der Waals surface area contributed by atoms with Gasteiger partial charge in [-0.3, -0.25) is 4.79 Å². The molecule has 1 amide bonds. The van der Waals surface area contributed by atoms with Crippen molar-refractivity contribution in [1.29, 1.82) is 0 Å². The number of carbonyl (C=O) groups is 1. The SMILES string of the molecule is CN(Cc1ccccc1)C(=O)CCC1CCCN1.Cl. The lowest BCUT2D eigenvalue weighted by atomic mass is 10.1. The summed E-state index contributed by atoms with van der Waals surface area (Å²) in [6, 6.07) is 10.7. The highest BCUT2D eigenvalue weighted by Crippen LogP contribution is 2.12. The van der Waals surface area contributed by atoms with Crippen LogP contribution in [-0.4, -0.2) is 30.4 Å². The number of hydrogen-bond acceptors (Lipinski definition) is 2. The summed E-state index contributed by atoms with van der Waals surface area (Å²) in [7, 11) is 1.89. The van der Waals surface area contributed by atoms with E-state index in [2.05, 4.69) is 17.4 Å². The van der Waals surface area contributed by atoms with Gasteiger partial charge in [0, 0.05) is 26.1 Å². The third-order valence-electron chi connectivity index (χ3n) is 3.56. The summed E-state index contributed by atoms with van der Waals surface area (Å²) < 4.78 is 0. The van der Waals surface area contributed by atoms with E-state index in [0.29, 0.717) is 19.0 Å². The first-order valence-corrected chi connectivity index (χ1v) is 6.77. The summed E-state index contributed by atoms with van der Waals surface area (Å²) in [5.41, 5.74) is 1.19. The zero-order chi connectivity index (χ0) is 12.8. The van der Waals surface area contributed by atoms with Crippen molar-refractivity contribution in [1.82, 2.24) is 10.2 Å². The van der Waals surface area contributed by atoms with Gasteiger partial charge in [0.2, 0.25) is 5.91 Å². The molecule has 1 aliphatic rings. The third-order valence-corrected chi connectivity index (χ3v) is 3.56. The van der Waals surface area contributed by atoms with E-state index in [0.717, 1.165) is 13.0 Å². The summed E-state index contributed by atoms with van der Waals surface area (Å²) >= 11 is 0. The van der Waals surface area contributed by atoms with Gasteiger partial charge >= 0.3 is 0 Å². The Morgan fingerprint density at radius 2 is 2.11 bits per heavy atom. The maximum absolute atomic E-state index is 12.0. The Morgan fingerprint density at radius 3 is 2.74 bits per heavy atom. The quantitative estimate of drug-likeness (QED) is 0.900. The van der Waals surface area contributed by atoms with E-state index in [-0.39, 0.29) is 18.3 Å². The van der Waals surface area contributed by atoms with Crippen LogP contribution in [0, 0.1) is 0 Å². The fourth-order valence-corrected chi connectivity index (χ4v) is 2.44. The molecule has 1 aromatic rings. The number of carbonyl (C=O) groups excluding carboxylic acids is 1. The summed E-state index contributed by atoms with van der Waals surface area (Å²) in [4.78, 5) is 13.8. The maximum Gasteiger partial charge on any atom is 0.222 e. The van der Waals surface area contributed by atoms with E-state index in [9.17, 15) is 4.79 Å². The number of benzene rings is 1. The minimum Gasteiger partial charge on any atom is -0.341 e. The van der Waals surface area contributed by atoms with Crippen LogP contribution in [0.4, 0.5) is 0 Å². The first-order valence-electron chi connectivity index (χ1n) is 6.77. The Kier molecular flexibility index (Phi) is 6.89. The number of halogens is 1. The van der Waals surface area contributed by atoms with E-state index >= 15 is 0 Å². The lowest BCUT2D eigenvalue weighted by Crippen LogP contribution is -2.29. The lowest BCUT2D eigenvalue weighted by Gasteiger charge is -2.18. The molecule has 0 aliphatic carbocycles. The topological polar surface area (TPSA) is 32.3 Å². The van der Waals surface area contributed by atoms with Crippen LogP contribution in [0.5, 0.6) is 0 Å². The number of hydrogen-bond donors (Lipinski definition) is 1. The highest BCUT2D eigenvalue weighted by atomic mass is 35.5. The largest absolute Gasteiger partial charge is 0.341 e. The van der Waals surface area contributed by atoms with Gasteiger partial charge in [0.1, 0.15) is 0 Å². The van der Waals surface area contributed by atoms with Crippen LogP contribution >= 0.6 is 12.4 Å². The van der Waals surface area contributed by atoms with E-state index in [1.54, 1.807) is 0 Å². The molecular formula is C15H23ClN2O. The van der Waals surface area contributed by atoms with Crippen molar-refractivity contribution in [3.63, 3.8) is 0 Å². The monoisotopic (exact) mass is 282 g/mol. The van der Waals surface area contributed by atoms with Gasteiger partial charge in [-0.2, -0.15) is 0 Å². The van der Waals surface area contributed by atoms with Gasteiger partial charge in [-0.15, -0.1) is 12.4 Å². The molecule has 0 radical (unpaired) electrons. The van der Waals surface area contributed by atoms with Gasteiger partial charge < -0.3 is 10.2 Å². The maximum atomic E-state index is 12.0. The van der Waals surface area contributed by atoms with Gasteiger partial charge in [0.15, 0.2) is 0 Å². The van der Waals surface area contributed by atoms with Crippen molar-refractivity contribution < 1.29 is 4.79 Å². The first kappa shape index (κ1) is 16.0. The normalized spacial score (nSPS) is 17.8. The van der Waals surface area contributed by atoms with Gasteiger partial charge in [0.05, 0.1) is 0 Å². The highest BCUT2D eigenvalue weighted by molar-refractivity contribution is 5.85. The van der Waals surface area contributed by atoms with Gasteiger partial charge in [-0.05, 0) is 31.4 Å². The molecule has 1 unspecified atom stereocenters. The smallest absolute Gasteiger partial charge is 0.222 e. The molecule has 3 nitrogen and oxygen atoms in total. The Morgan fingerprint density at radius 1 is 1.37 bits per heavy atom. The van der Waals surface area contributed by atoms with Crippen LogP contribution in [0.2, 0.25) is 0 Å². The molecule has 1 aliphatic heterocycles. The fourth-order valence-electron chi connectivity index (χ4n) is 2.44. The van der Waals surface area contributed by atoms with Crippen molar-refractivity contribution in [3.05, 3.63) is 35.9 Å². The Hall–Kier alpha value is -1.06. The van der Waals surface area contributed by atoms with Crippen molar-refractivity contribution in [2.75, 3.05) is 13.6 Å². The van der Waals surface area contributed by atoms with E-state index in [1.807, 2.05) is 30.1 Å². The highest BCUT2D eigenvalue weighted by Gasteiger charge is 2.16. The van der Waals surface area contributed by atoms with Gasteiger partial charge in [0.25, 0.3) is 0 Å². The zero-order valence-electron chi connectivity index (χ0n) is 11.5. The van der Waals surface area contributed by atoms with Crippen molar-refractivity contribution in [2.45, 2.75) is 38.3 Å². The van der Waals surface area contributed by atoms with Crippen molar-refractivity contribution in [3.8, 4) is 0 Å². The minimum absolute atomic E-state index is 0. The van der Waals surface area contributed by atoms with E-state index in [1.165, 1.54) is 18.4 Å². The summed E-state index contributed by atoms with van der Waals surface area (Å²) in [6.07, 6.45) is 4.09. The molecule has 1 aromatic carbocycles. The van der Waals surface area contributed by atoms with Crippen LogP contribution < -0.4 is 5.32 Å². The molecule has 1 atom stereocenters.